The van der Waals surface area contributed by atoms with Gasteiger partial charge in [0.05, 0.1) is 5.00 Å². The van der Waals surface area contributed by atoms with Crippen molar-refractivity contribution in [2.45, 2.75) is 31.7 Å². The number of anilines is 1. The monoisotopic (exact) mass is 254 g/mol. The van der Waals surface area contributed by atoms with Gasteiger partial charge in [0.25, 0.3) is 0 Å². The molecule has 1 unspecified atom stereocenters. The second-order valence-corrected chi connectivity index (χ2v) is 5.58. The summed E-state index contributed by atoms with van der Waals surface area (Å²) in [5.41, 5.74) is 5.53. The molecule has 4 nitrogen and oxygen atoms in total. The lowest BCUT2D eigenvalue weighted by Crippen LogP contribution is -2.31. The molecule has 5 heteroatoms. The van der Waals surface area contributed by atoms with E-state index in [1.807, 2.05) is 6.07 Å². The van der Waals surface area contributed by atoms with Crippen LogP contribution in [0.3, 0.4) is 0 Å². The summed E-state index contributed by atoms with van der Waals surface area (Å²) in [6, 6.07) is 3.29. The van der Waals surface area contributed by atoms with Gasteiger partial charge < -0.3 is 15.7 Å². The van der Waals surface area contributed by atoms with Crippen molar-refractivity contribution in [3.05, 3.63) is 17.0 Å². The maximum absolute atomic E-state index is 10.7. The number of piperidine rings is 1. The second-order valence-electron chi connectivity index (χ2n) is 4.44. The zero-order valence-electron chi connectivity index (χ0n) is 9.76. The van der Waals surface area contributed by atoms with Crippen LogP contribution in [0, 0.1) is 0 Å². The molecular formula is C12H18N2O2S. The Hall–Kier alpha value is -1.07. The molecule has 1 aliphatic heterocycles. The number of hydrogen-bond donors (Lipinski definition) is 2. The Balaban J connectivity index is 1.97. The van der Waals surface area contributed by atoms with Crippen LogP contribution in [-0.4, -0.2) is 30.2 Å². The average Bonchev–Trinajstić information content (AvgIpc) is 2.78. The van der Waals surface area contributed by atoms with E-state index in [4.69, 9.17) is 10.8 Å². The Bertz CT molecular complexity index is 386. The van der Waals surface area contributed by atoms with Gasteiger partial charge in [-0.25, -0.2) is 0 Å². The van der Waals surface area contributed by atoms with Crippen LogP contribution in [0.5, 0.6) is 0 Å². The van der Waals surface area contributed by atoms with Crippen molar-refractivity contribution in [2.75, 3.05) is 18.0 Å². The van der Waals surface area contributed by atoms with E-state index in [9.17, 15) is 4.79 Å². The van der Waals surface area contributed by atoms with E-state index < -0.39 is 12.0 Å². The van der Waals surface area contributed by atoms with Gasteiger partial charge in [0.1, 0.15) is 6.04 Å². The quantitative estimate of drug-likeness (QED) is 0.858. The first-order valence-electron chi connectivity index (χ1n) is 5.99. The van der Waals surface area contributed by atoms with E-state index >= 15 is 0 Å². The van der Waals surface area contributed by atoms with Crippen LogP contribution in [0.25, 0.3) is 0 Å². The van der Waals surface area contributed by atoms with Crippen molar-refractivity contribution in [3.63, 3.8) is 0 Å². The highest BCUT2D eigenvalue weighted by Crippen LogP contribution is 2.29. The van der Waals surface area contributed by atoms with E-state index in [2.05, 4.69) is 11.0 Å². The van der Waals surface area contributed by atoms with Gasteiger partial charge in [-0.2, -0.15) is 0 Å². The number of nitrogens with two attached hydrogens (primary N) is 1. The topological polar surface area (TPSA) is 66.6 Å². The van der Waals surface area contributed by atoms with Crippen molar-refractivity contribution in [3.8, 4) is 0 Å². The highest BCUT2D eigenvalue weighted by Gasteiger charge is 2.16. The lowest BCUT2D eigenvalue weighted by atomic mass is 10.1. The SMILES string of the molecule is NC(Cc1ccc(N2CCCCC2)s1)C(=O)O. The largest absolute Gasteiger partial charge is 0.480 e. The van der Waals surface area contributed by atoms with Crippen LogP contribution < -0.4 is 10.6 Å². The molecule has 0 aliphatic carbocycles. The fourth-order valence-electron chi connectivity index (χ4n) is 2.06. The summed E-state index contributed by atoms with van der Waals surface area (Å²) in [7, 11) is 0. The van der Waals surface area contributed by atoms with Gasteiger partial charge >= 0.3 is 5.97 Å². The van der Waals surface area contributed by atoms with E-state index in [0.29, 0.717) is 6.42 Å². The molecule has 0 saturated carbocycles. The third-order valence-electron chi connectivity index (χ3n) is 3.05. The van der Waals surface area contributed by atoms with Gasteiger partial charge in [0.15, 0.2) is 0 Å². The molecule has 0 bridgehead atoms. The molecule has 0 radical (unpaired) electrons. The lowest BCUT2D eigenvalue weighted by molar-refractivity contribution is -0.138. The van der Waals surface area contributed by atoms with Gasteiger partial charge in [0.2, 0.25) is 0 Å². The first-order chi connectivity index (χ1) is 8.16. The minimum atomic E-state index is -0.932. The molecular weight excluding hydrogens is 236 g/mol. The summed E-state index contributed by atoms with van der Waals surface area (Å²) in [6.45, 7) is 2.23. The van der Waals surface area contributed by atoms with Crippen molar-refractivity contribution >= 4 is 22.3 Å². The maximum atomic E-state index is 10.7. The van der Waals surface area contributed by atoms with Crippen molar-refractivity contribution < 1.29 is 9.90 Å². The first kappa shape index (κ1) is 12.4. The molecule has 1 saturated heterocycles. The Morgan fingerprint density at radius 2 is 2.12 bits per heavy atom. The summed E-state index contributed by atoms with van der Waals surface area (Å²) in [4.78, 5) is 14.1. The van der Waals surface area contributed by atoms with Crippen LogP contribution in [-0.2, 0) is 11.2 Å². The van der Waals surface area contributed by atoms with E-state index in [0.717, 1.165) is 18.0 Å². The Kier molecular flexibility index (Phi) is 4.02. The lowest BCUT2D eigenvalue weighted by Gasteiger charge is -2.27. The molecule has 0 amide bonds. The summed E-state index contributed by atoms with van der Waals surface area (Å²) < 4.78 is 0. The minimum absolute atomic E-state index is 0.424. The van der Waals surface area contributed by atoms with Crippen molar-refractivity contribution in [1.29, 1.82) is 0 Å². The fourth-order valence-corrected chi connectivity index (χ4v) is 3.18. The predicted octanol–water partition coefficient (Wildman–Crippen LogP) is 1.69. The number of hydrogen-bond acceptors (Lipinski definition) is 4. The third kappa shape index (κ3) is 3.20. The van der Waals surface area contributed by atoms with Crippen LogP contribution in [0.15, 0.2) is 12.1 Å². The molecule has 1 aromatic heterocycles. The predicted molar refractivity (Wildman–Crippen MR) is 69.7 cm³/mol. The van der Waals surface area contributed by atoms with Crippen LogP contribution >= 0.6 is 11.3 Å². The standard InChI is InChI=1S/C12H18N2O2S/c13-10(12(15)16)8-9-4-5-11(17-9)14-6-2-1-3-7-14/h4-5,10H,1-3,6-8,13H2,(H,15,16). The summed E-state index contributed by atoms with van der Waals surface area (Å²) in [5.74, 6) is -0.932. The zero-order chi connectivity index (χ0) is 12.3. The van der Waals surface area contributed by atoms with Gasteiger partial charge in [-0.3, -0.25) is 4.79 Å². The third-order valence-corrected chi connectivity index (χ3v) is 4.22. The van der Waals surface area contributed by atoms with Crippen LogP contribution in [0.4, 0.5) is 5.00 Å². The molecule has 1 atom stereocenters. The zero-order valence-corrected chi connectivity index (χ0v) is 10.6. The summed E-state index contributed by atoms with van der Waals surface area (Å²) >= 11 is 1.67. The molecule has 3 N–H and O–H groups in total. The van der Waals surface area contributed by atoms with Crippen LogP contribution in [0.2, 0.25) is 0 Å². The number of carbonyl (C=O) groups is 1. The van der Waals surface area contributed by atoms with E-state index in [1.165, 1.54) is 24.3 Å². The van der Waals surface area contributed by atoms with Gasteiger partial charge in [-0.15, -0.1) is 11.3 Å². The second kappa shape index (κ2) is 5.51. The van der Waals surface area contributed by atoms with Gasteiger partial charge in [0, 0.05) is 24.4 Å². The summed E-state index contributed by atoms with van der Waals surface area (Å²) in [5, 5.41) is 10.0. The number of carboxylic acid groups (broad SMARTS) is 1. The Morgan fingerprint density at radius 1 is 1.41 bits per heavy atom. The van der Waals surface area contributed by atoms with Crippen LogP contribution in [0.1, 0.15) is 24.1 Å². The highest BCUT2D eigenvalue weighted by atomic mass is 32.1. The molecule has 0 spiro atoms. The Morgan fingerprint density at radius 3 is 2.76 bits per heavy atom. The minimum Gasteiger partial charge on any atom is -0.480 e. The molecule has 1 aromatic rings. The fraction of sp³-hybridized carbons (Fsp3) is 0.583. The Labute approximate surface area is 105 Å². The van der Waals surface area contributed by atoms with Crippen molar-refractivity contribution in [1.82, 2.24) is 0 Å². The number of thiophene rings is 1. The highest BCUT2D eigenvalue weighted by molar-refractivity contribution is 7.16. The van der Waals surface area contributed by atoms with E-state index in [1.54, 1.807) is 11.3 Å². The number of rotatable bonds is 4. The molecule has 94 valence electrons. The number of carboxylic acids is 1. The van der Waals surface area contributed by atoms with Crippen molar-refractivity contribution in [2.24, 2.45) is 5.73 Å². The molecule has 1 aliphatic rings. The van der Waals surface area contributed by atoms with Gasteiger partial charge in [-0.05, 0) is 31.4 Å². The van der Waals surface area contributed by atoms with Gasteiger partial charge in [-0.1, -0.05) is 0 Å². The average molecular weight is 254 g/mol. The normalized spacial score (nSPS) is 18.1. The first-order valence-corrected chi connectivity index (χ1v) is 6.80. The molecule has 1 fully saturated rings. The summed E-state index contributed by atoms with van der Waals surface area (Å²) in [6.07, 6.45) is 4.25. The molecule has 0 aromatic carbocycles. The van der Waals surface area contributed by atoms with E-state index in [-0.39, 0.29) is 0 Å². The number of aliphatic carboxylic acids is 1. The molecule has 2 rings (SSSR count). The smallest absolute Gasteiger partial charge is 0.320 e. The molecule has 17 heavy (non-hydrogen) atoms. The molecule has 2 heterocycles. The maximum Gasteiger partial charge on any atom is 0.320 e. The number of nitrogens with zero attached hydrogens (tertiary/aromatic N) is 1.